The standard InChI is InChI=1S/C23H15IN4O2/c1-2-15-6-10-21(26-14-15)28-23(30)19-11-17(12-24)5-9-20(19)27-22(29)18-7-3-16(13-25)4-8-18/h1,3-11,14H,12H2,(H,27,29)(H,26,28,30). The highest BCUT2D eigenvalue weighted by atomic mass is 127. The fourth-order valence-electron chi connectivity index (χ4n) is 2.60. The number of hydrogen-bond acceptors (Lipinski definition) is 4. The summed E-state index contributed by atoms with van der Waals surface area (Å²) in [6, 6.07) is 16.8. The van der Waals surface area contributed by atoms with Crippen LogP contribution < -0.4 is 10.6 Å². The summed E-state index contributed by atoms with van der Waals surface area (Å²) in [6.07, 6.45) is 6.81. The zero-order chi connectivity index (χ0) is 21.5. The molecular formula is C23H15IN4O2. The van der Waals surface area contributed by atoms with E-state index in [-0.39, 0.29) is 5.91 Å². The van der Waals surface area contributed by atoms with Gasteiger partial charge in [0.05, 0.1) is 22.9 Å². The maximum atomic E-state index is 12.9. The number of rotatable bonds is 5. The van der Waals surface area contributed by atoms with Crippen molar-refractivity contribution in [3.8, 4) is 18.4 Å². The van der Waals surface area contributed by atoms with Gasteiger partial charge in [0, 0.05) is 21.8 Å². The zero-order valence-corrected chi connectivity index (χ0v) is 17.8. The number of amides is 2. The van der Waals surface area contributed by atoms with Gasteiger partial charge in [-0.25, -0.2) is 4.98 Å². The van der Waals surface area contributed by atoms with Crippen molar-refractivity contribution in [3.05, 3.63) is 88.6 Å². The molecular weight excluding hydrogens is 491 g/mol. The van der Waals surface area contributed by atoms with Gasteiger partial charge in [0.1, 0.15) is 5.82 Å². The first kappa shape index (κ1) is 21.0. The Labute approximate surface area is 187 Å². The number of nitriles is 1. The van der Waals surface area contributed by atoms with Crippen molar-refractivity contribution in [1.29, 1.82) is 5.26 Å². The first-order chi connectivity index (χ1) is 14.5. The Morgan fingerprint density at radius 2 is 1.73 bits per heavy atom. The molecule has 0 atom stereocenters. The van der Waals surface area contributed by atoms with Gasteiger partial charge in [-0.3, -0.25) is 9.59 Å². The number of anilines is 2. The number of aromatic nitrogens is 1. The van der Waals surface area contributed by atoms with E-state index < -0.39 is 5.91 Å². The van der Waals surface area contributed by atoms with E-state index in [9.17, 15) is 9.59 Å². The third kappa shape index (κ3) is 5.02. The van der Waals surface area contributed by atoms with Crippen LogP contribution in [0, 0.1) is 23.7 Å². The molecule has 0 aliphatic rings. The molecule has 0 spiro atoms. The molecule has 2 N–H and O–H groups in total. The molecule has 0 fully saturated rings. The monoisotopic (exact) mass is 506 g/mol. The molecule has 6 nitrogen and oxygen atoms in total. The molecule has 30 heavy (non-hydrogen) atoms. The van der Waals surface area contributed by atoms with E-state index in [0.717, 1.165) is 5.56 Å². The van der Waals surface area contributed by atoms with Crippen LogP contribution in [0.15, 0.2) is 60.8 Å². The lowest BCUT2D eigenvalue weighted by molar-refractivity contribution is 0.102. The van der Waals surface area contributed by atoms with E-state index in [2.05, 4.69) is 44.1 Å². The number of terminal acetylenes is 1. The third-order valence-corrected chi connectivity index (χ3v) is 5.06. The van der Waals surface area contributed by atoms with Crippen LogP contribution in [-0.2, 0) is 4.43 Å². The van der Waals surface area contributed by atoms with E-state index >= 15 is 0 Å². The van der Waals surface area contributed by atoms with Crippen molar-refractivity contribution < 1.29 is 9.59 Å². The SMILES string of the molecule is C#Cc1ccc(NC(=O)c2cc(CI)ccc2NC(=O)c2ccc(C#N)cc2)nc1. The molecule has 1 heterocycles. The molecule has 0 aliphatic heterocycles. The second-order valence-electron chi connectivity index (χ2n) is 6.19. The van der Waals surface area contributed by atoms with Crippen molar-refractivity contribution >= 4 is 45.9 Å². The third-order valence-electron chi connectivity index (χ3n) is 4.18. The molecule has 0 saturated heterocycles. The molecule has 2 aromatic carbocycles. The van der Waals surface area contributed by atoms with Gasteiger partial charge in [0.2, 0.25) is 0 Å². The minimum absolute atomic E-state index is 0.314. The number of pyridine rings is 1. The summed E-state index contributed by atoms with van der Waals surface area (Å²) in [4.78, 5) is 29.6. The van der Waals surface area contributed by atoms with E-state index in [0.29, 0.717) is 38.2 Å². The van der Waals surface area contributed by atoms with Crippen molar-refractivity contribution in [2.45, 2.75) is 4.43 Å². The van der Waals surface area contributed by atoms with Crippen molar-refractivity contribution in [1.82, 2.24) is 4.98 Å². The van der Waals surface area contributed by atoms with Crippen LogP contribution in [0.1, 0.15) is 37.4 Å². The second-order valence-corrected chi connectivity index (χ2v) is 6.95. The van der Waals surface area contributed by atoms with Crippen molar-refractivity contribution in [2.24, 2.45) is 0 Å². The summed E-state index contributed by atoms with van der Waals surface area (Å²) >= 11 is 2.20. The summed E-state index contributed by atoms with van der Waals surface area (Å²) in [5, 5.41) is 14.4. The number of nitrogens with zero attached hydrogens (tertiary/aromatic N) is 2. The Bertz CT molecular complexity index is 1170. The number of benzene rings is 2. The van der Waals surface area contributed by atoms with Gasteiger partial charge in [-0.05, 0) is 54.1 Å². The summed E-state index contributed by atoms with van der Waals surface area (Å²) < 4.78 is 0.705. The number of halogens is 1. The molecule has 0 radical (unpaired) electrons. The Hall–Kier alpha value is -3.69. The minimum atomic E-state index is -0.405. The maximum Gasteiger partial charge on any atom is 0.258 e. The average Bonchev–Trinajstić information content (AvgIpc) is 2.79. The van der Waals surface area contributed by atoms with Gasteiger partial charge < -0.3 is 10.6 Å². The van der Waals surface area contributed by atoms with Crippen LogP contribution in [0.2, 0.25) is 0 Å². The maximum absolute atomic E-state index is 12.9. The van der Waals surface area contributed by atoms with Crippen molar-refractivity contribution in [3.63, 3.8) is 0 Å². The van der Waals surface area contributed by atoms with Crippen LogP contribution in [-0.4, -0.2) is 16.8 Å². The van der Waals surface area contributed by atoms with Crippen LogP contribution >= 0.6 is 22.6 Å². The summed E-state index contributed by atoms with van der Waals surface area (Å²) in [5.41, 5.74) is 3.07. The molecule has 0 bridgehead atoms. The molecule has 0 aliphatic carbocycles. The largest absolute Gasteiger partial charge is 0.321 e. The van der Waals surface area contributed by atoms with Crippen LogP contribution in [0.5, 0.6) is 0 Å². The lowest BCUT2D eigenvalue weighted by Crippen LogP contribution is -2.19. The first-order valence-corrected chi connectivity index (χ1v) is 10.3. The quantitative estimate of drug-likeness (QED) is 0.305. The molecule has 3 rings (SSSR count). The predicted octanol–water partition coefficient (Wildman–Crippen LogP) is 4.37. The topological polar surface area (TPSA) is 94.9 Å². The Kier molecular flexibility index (Phi) is 6.79. The van der Waals surface area contributed by atoms with Gasteiger partial charge in [-0.1, -0.05) is 34.6 Å². The minimum Gasteiger partial charge on any atom is -0.321 e. The Morgan fingerprint density at radius 3 is 2.33 bits per heavy atom. The molecule has 146 valence electrons. The smallest absolute Gasteiger partial charge is 0.258 e. The highest BCUT2D eigenvalue weighted by molar-refractivity contribution is 14.1. The van der Waals surface area contributed by atoms with Crippen LogP contribution in [0.25, 0.3) is 0 Å². The van der Waals surface area contributed by atoms with Gasteiger partial charge in [0.25, 0.3) is 11.8 Å². The molecule has 1 aromatic heterocycles. The number of alkyl halides is 1. The lowest BCUT2D eigenvalue weighted by atomic mass is 10.1. The first-order valence-electron chi connectivity index (χ1n) is 8.78. The fraction of sp³-hybridized carbons (Fsp3) is 0.0435. The second kappa shape index (κ2) is 9.68. The molecule has 0 unspecified atom stereocenters. The number of nitrogens with one attached hydrogen (secondary N) is 2. The Morgan fingerprint density at radius 1 is 1.00 bits per heavy atom. The molecule has 7 heteroatoms. The van der Waals surface area contributed by atoms with E-state index in [4.69, 9.17) is 11.7 Å². The molecule has 0 saturated carbocycles. The summed E-state index contributed by atoms with van der Waals surface area (Å²) in [6.45, 7) is 0. The summed E-state index contributed by atoms with van der Waals surface area (Å²) in [5.74, 6) is 2.03. The van der Waals surface area contributed by atoms with Crippen LogP contribution in [0.4, 0.5) is 11.5 Å². The number of hydrogen-bond donors (Lipinski definition) is 2. The van der Waals surface area contributed by atoms with Crippen molar-refractivity contribution in [2.75, 3.05) is 10.6 Å². The van der Waals surface area contributed by atoms with E-state index in [1.54, 1.807) is 48.5 Å². The zero-order valence-electron chi connectivity index (χ0n) is 15.6. The predicted molar refractivity (Wildman–Crippen MR) is 123 cm³/mol. The Balaban J connectivity index is 1.85. The van der Waals surface area contributed by atoms with Gasteiger partial charge >= 0.3 is 0 Å². The lowest BCUT2D eigenvalue weighted by Gasteiger charge is -2.13. The van der Waals surface area contributed by atoms with E-state index in [1.165, 1.54) is 6.20 Å². The highest BCUT2D eigenvalue weighted by Gasteiger charge is 2.16. The fourth-order valence-corrected chi connectivity index (χ4v) is 3.07. The van der Waals surface area contributed by atoms with Gasteiger partial charge in [0.15, 0.2) is 0 Å². The molecule has 2 amide bonds. The van der Waals surface area contributed by atoms with Gasteiger partial charge in [-0.2, -0.15) is 5.26 Å². The van der Waals surface area contributed by atoms with Crippen LogP contribution in [0.3, 0.4) is 0 Å². The number of carbonyl (C=O) groups excluding carboxylic acids is 2. The van der Waals surface area contributed by atoms with Gasteiger partial charge in [-0.15, -0.1) is 6.42 Å². The number of carbonyl (C=O) groups is 2. The molecule has 3 aromatic rings. The normalized spacial score (nSPS) is 9.83. The highest BCUT2D eigenvalue weighted by Crippen LogP contribution is 2.22. The van der Waals surface area contributed by atoms with E-state index in [1.807, 2.05) is 12.1 Å². The summed E-state index contributed by atoms with van der Waals surface area (Å²) in [7, 11) is 0. The average molecular weight is 506 g/mol.